The minimum atomic E-state index is -4.34. The smallest absolute Gasteiger partial charge is 0.395 e. The van der Waals surface area contributed by atoms with Crippen LogP contribution < -0.4 is 10.6 Å². The molecule has 19 heavy (non-hydrogen) atoms. The van der Waals surface area contributed by atoms with Crippen molar-refractivity contribution in [3.63, 3.8) is 0 Å². The highest BCUT2D eigenvalue weighted by molar-refractivity contribution is 5.56. The van der Waals surface area contributed by atoms with E-state index in [0.29, 0.717) is 22.6 Å². The molecular weight excluding hydrogens is 259 g/mol. The van der Waals surface area contributed by atoms with E-state index < -0.39 is 12.7 Å². The number of alkyl halides is 3. The van der Waals surface area contributed by atoms with Gasteiger partial charge in [-0.3, -0.25) is 4.98 Å². The molecule has 1 rings (SSSR count). The Morgan fingerprint density at radius 2 is 2.00 bits per heavy atom. The lowest BCUT2D eigenvalue weighted by Crippen LogP contribution is -2.37. The second-order valence-electron chi connectivity index (χ2n) is 4.31. The van der Waals surface area contributed by atoms with Crippen LogP contribution in [0.25, 0.3) is 0 Å². The first-order valence-electron chi connectivity index (χ1n) is 5.88. The number of rotatable bonds is 5. The zero-order chi connectivity index (χ0) is 14.6. The molecule has 108 valence electrons. The van der Waals surface area contributed by atoms with Crippen molar-refractivity contribution in [3.8, 4) is 0 Å². The van der Waals surface area contributed by atoms with Crippen molar-refractivity contribution in [1.82, 2.24) is 4.98 Å². The molecule has 0 spiro atoms. The van der Waals surface area contributed by atoms with Crippen LogP contribution in [0.15, 0.2) is 6.07 Å². The summed E-state index contributed by atoms with van der Waals surface area (Å²) in [5.74, 6) is 0. The summed E-state index contributed by atoms with van der Waals surface area (Å²) in [6, 6.07) is 1.57. The van der Waals surface area contributed by atoms with E-state index in [4.69, 9.17) is 10.8 Å². The fraction of sp³-hybridized carbons (Fsp3) is 0.583. The number of aryl methyl sites for hydroxylation is 2. The zero-order valence-corrected chi connectivity index (χ0v) is 11.0. The van der Waals surface area contributed by atoms with Crippen molar-refractivity contribution in [2.24, 2.45) is 5.73 Å². The number of nitrogens with zero attached hydrogens (tertiary/aromatic N) is 2. The Labute approximate surface area is 110 Å². The predicted molar refractivity (Wildman–Crippen MR) is 67.0 cm³/mol. The van der Waals surface area contributed by atoms with Gasteiger partial charge in [-0.25, -0.2) is 0 Å². The van der Waals surface area contributed by atoms with Crippen LogP contribution in [0.5, 0.6) is 0 Å². The van der Waals surface area contributed by atoms with Gasteiger partial charge in [-0.05, 0) is 19.9 Å². The highest BCUT2D eigenvalue weighted by atomic mass is 19.4. The number of aromatic nitrogens is 1. The number of hydrogen-bond donors (Lipinski definition) is 2. The molecule has 0 atom stereocenters. The number of anilines is 1. The molecule has 0 unspecified atom stereocenters. The molecule has 0 radical (unpaired) electrons. The second kappa shape index (κ2) is 6.21. The first-order chi connectivity index (χ1) is 8.78. The Hall–Kier alpha value is -1.34. The van der Waals surface area contributed by atoms with Crippen LogP contribution >= 0.6 is 0 Å². The van der Waals surface area contributed by atoms with Crippen molar-refractivity contribution < 1.29 is 18.3 Å². The van der Waals surface area contributed by atoms with Gasteiger partial charge >= 0.3 is 6.18 Å². The van der Waals surface area contributed by atoms with E-state index in [1.165, 1.54) is 0 Å². The van der Waals surface area contributed by atoms with Crippen molar-refractivity contribution >= 4 is 5.69 Å². The van der Waals surface area contributed by atoms with Crippen molar-refractivity contribution in [2.75, 3.05) is 24.6 Å². The van der Waals surface area contributed by atoms with Gasteiger partial charge in [0.15, 0.2) is 0 Å². The standard InChI is InChI=1S/C12H18F3N3O/c1-8-5-11(10(6-16)9(2)17-8)18(3-4-19)7-12(13,14)15/h5,19H,3-4,6-7,16H2,1-2H3. The number of halogens is 3. The summed E-state index contributed by atoms with van der Waals surface area (Å²) in [6.45, 7) is 1.94. The highest BCUT2D eigenvalue weighted by Crippen LogP contribution is 2.27. The molecule has 1 heterocycles. The van der Waals surface area contributed by atoms with Gasteiger partial charge in [-0.15, -0.1) is 0 Å². The first kappa shape index (κ1) is 15.7. The largest absolute Gasteiger partial charge is 0.405 e. The van der Waals surface area contributed by atoms with Crippen LogP contribution in [-0.4, -0.2) is 36.0 Å². The Balaban J connectivity index is 3.21. The van der Waals surface area contributed by atoms with E-state index >= 15 is 0 Å². The monoisotopic (exact) mass is 277 g/mol. The van der Waals surface area contributed by atoms with Crippen LogP contribution in [0.3, 0.4) is 0 Å². The summed E-state index contributed by atoms with van der Waals surface area (Å²) < 4.78 is 37.7. The number of hydrogen-bond acceptors (Lipinski definition) is 4. The Morgan fingerprint density at radius 1 is 1.37 bits per heavy atom. The van der Waals surface area contributed by atoms with E-state index in [1.807, 2.05) is 0 Å². The molecule has 3 N–H and O–H groups in total. The molecule has 0 aliphatic rings. The van der Waals surface area contributed by atoms with E-state index in [-0.39, 0.29) is 19.7 Å². The molecule has 0 aromatic carbocycles. The average Bonchev–Trinajstić information content (AvgIpc) is 2.25. The maximum atomic E-state index is 12.6. The first-order valence-corrected chi connectivity index (χ1v) is 5.88. The quantitative estimate of drug-likeness (QED) is 0.856. The van der Waals surface area contributed by atoms with Gasteiger partial charge < -0.3 is 15.7 Å². The normalized spacial score (nSPS) is 11.7. The van der Waals surface area contributed by atoms with Crippen LogP contribution in [-0.2, 0) is 6.54 Å². The third kappa shape index (κ3) is 4.36. The molecule has 4 nitrogen and oxygen atoms in total. The highest BCUT2D eigenvalue weighted by Gasteiger charge is 2.31. The van der Waals surface area contributed by atoms with Gasteiger partial charge in [0, 0.05) is 35.7 Å². The number of aliphatic hydroxyl groups excluding tert-OH is 1. The predicted octanol–water partition coefficient (Wildman–Crippen LogP) is 1.52. The summed E-state index contributed by atoms with van der Waals surface area (Å²) in [4.78, 5) is 5.28. The minimum Gasteiger partial charge on any atom is -0.395 e. The molecular formula is C12H18F3N3O. The zero-order valence-electron chi connectivity index (χ0n) is 11.0. The third-order valence-electron chi connectivity index (χ3n) is 2.72. The summed E-state index contributed by atoms with van der Waals surface area (Å²) in [5.41, 5.74) is 7.78. The molecule has 7 heteroatoms. The molecule has 0 amide bonds. The van der Waals surface area contributed by atoms with E-state index in [0.717, 1.165) is 4.90 Å². The summed E-state index contributed by atoms with van der Waals surface area (Å²) in [5, 5.41) is 8.94. The molecule has 1 aromatic heterocycles. The molecule has 0 saturated carbocycles. The molecule has 0 bridgehead atoms. The molecule has 0 aliphatic carbocycles. The van der Waals surface area contributed by atoms with Gasteiger partial charge in [-0.1, -0.05) is 0 Å². The van der Waals surface area contributed by atoms with Crippen molar-refractivity contribution in [2.45, 2.75) is 26.6 Å². The minimum absolute atomic E-state index is 0.102. The van der Waals surface area contributed by atoms with Crippen molar-refractivity contribution in [3.05, 3.63) is 23.0 Å². The fourth-order valence-corrected chi connectivity index (χ4v) is 1.99. The maximum Gasteiger partial charge on any atom is 0.405 e. The van der Waals surface area contributed by atoms with Gasteiger partial charge in [0.05, 0.1) is 6.61 Å². The molecule has 1 aromatic rings. The van der Waals surface area contributed by atoms with Gasteiger partial charge in [0.2, 0.25) is 0 Å². The number of pyridine rings is 1. The molecule has 0 fully saturated rings. The van der Waals surface area contributed by atoms with E-state index in [2.05, 4.69) is 4.98 Å². The maximum absolute atomic E-state index is 12.6. The van der Waals surface area contributed by atoms with E-state index in [9.17, 15) is 13.2 Å². The van der Waals surface area contributed by atoms with Crippen LogP contribution in [0.1, 0.15) is 17.0 Å². The van der Waals surface area contributed by atoms with Crippen LogP contribution in [0.2, 0.25) is 0 Å². The second-order valence-corrected chi connectivity index (χ2v) is 4.31. The SMILES string of the molecule is Cc1cc(N(CCO)CC(F)(F)F)c(CN)c(C)n1. The van der Waals surface area contributed by atoms with Gasteiger partial charge in [0.25, 0.3) is 0 Å². The lowest BCUT2D eigenvalue weighted by molar-refractivity contribution is -0.119. The van der Waals surface area contributed by atoms with Crippen LogP contribution in [0, 0.1) is 13.8 Å². The average molecular weight is 277 g/mol. The molecule has 0 aliphatic heterocycles. The lowest BCUT2D eigenvalue weighted by atomic mass is 10.1. The number of nitrogens with two attached hydrogens (primary N) is 1. The van der Waals surface area contributed by atoms with E-state index in [1.54, 1.807) is 19.9 Å². The fourth-order valence-electron chi connectivity index (χ4n) is 1.99. The van der Waals surface area contributed by atoms with Gasteiger partial charge in [0.1, 0.15) is 6.54 Å². The third-order valence-corrected chi connectivity index (χ3v) is 2.72. The molecule has 0 saturated heterocycles. The topological polar surface area (TPSA) is 62.4 Å². The van der Waals surface area contributed by atoms with Crippen molar-refractivity contribution in [1.29, 1.82) is 0 Å². The van der Waals surface area contributed by atoms with Crippen LogP contribution in [0.4, 0.5) is 18.9 Å². The Bertz CT molecular complexity index is 435. The van der Waals surface area contributed by atoms with Gasteiger partial charge in [-0.2, -0.15) is 13.2 Å². The summed E-state index contributed by atoms with van der Waals surface area (Å²) in [6.07, 6.45) is -4.34. The lowest BCUT2D eigenvalue weighted by Gasteiger charge is -2.28. The Morgan fingerprint density at radius 3 is 2.47 bits per heavy atom. The number of aliphatic hydroxyl groups is 1. The Kier molecular flexibility index (Phi) is 5.13. The summed E-state index contributed by atoms with van der Waals surface area (Å²) >= 11 is 0. The summed E-state index contributed by atoms with van der Waals surface area (Å²) in [7, 11) is 0.